The minimum atomic E-state index is 0. The van der Waals surface area contributed by atoms with Gasteiger partial charge in [0.05, 0.1) is 6.20 Å². The molecule has 0 aliphatic carbocycles. The molecule has 1 rings (SSSR count). The standard InChI is InChI=1S/C5H7NO.2ClH/c1-2-5-6-3-4-7-5;;/h3-4H,2H2,1H3;2*1H. The van der Waals surface area contributed by atoms with Gasteiger partial charge in [0.25, 0.3) is 0 Å². The molecule has 0 saturated heterocycles. The highest BCUT2D eigenvalue weighted by Gasteiger charge is 1.86. The van der Waals surface area contributed by atoms with Crippen LogP contribution in [0.2, 0.25) is 0 Å². The van der Waals surface area contributed by atoms with Crippen LogP contribution in [0.4, 0.5) is 0 Å². The average Bonchev–Trinajstić information content (AvgIpc) is 2.14. The van der Waals surface area contributed by atoms with Gasteiger partial charge in [0, 0.05) is 6.42 Å². The van der Waals surface area contributed by atoms with Crippen molar-refractivity contribution in [3.63, 3.8) is 0 Å². The highest BCUT2D eigenvalue weighted by Crippen LogP contribution is 1.92. The number of hydrogen-bond acceptors (Lipinski definition) is 2. The normalized spacial score (nSPS) is 7.22. The fraction of sp³-hybridized carbons (Fsp3) is 0.400. The molecule has 0 unspecified atom stereocenters. The van der Waals surface area contributed by atoms with E-state index in [0.717, 1.165) is 12.3 Å². The van der Waals surface area contributed by atoms with E-state index in [0.29, 0.717) is 0 Å². The molecule has 0 fully saturated rings. The Balaban J connectivity index is 0. The van der Waals surface area contributed by atoms with Crippen molar-refractivity contribution in [3.05, 3.63) is 18.4 Å². The Hall–Kier alpha value is -0.210. The van der Waals surface area contributed by atoms with Crippen molar-refractivity contribution in [2.24, 2.45) is 0 Å². The molecular weight excluding hydrogens is 161 g/mol. The molecule has 4 heteroatoms. The predicted molar refractivity (Wildman–Crippen MR) is 40.4 cm³/mol. The molecule has 0 saturated carbocycles. The summed E-state index contributed by atoms with van der Waals surface area (Å²) in [6.45, 7) is 2.01. The number of oxazole rings is 1. The second-order valence-electron chi connectivity index (χ2n) is 1.28. The number of nitrogens with zero attached hydrogens (tertiary/aromatic N) is 1. The monoisotopic (exact) mass is 169 g/mol. The fourth-order valence-corrected chi connectivity index (χ4v) is 0.428. The lowest BCUT2D eigenvalue weighted by Gasteiger charge is -1.77. The first-order valence-electron chi connectivity index (χ1n) is 2.32. The summed E-state index contributed by atoms with van der Waals surface area (Å²) in [5.41, 5.74) is 0. The molecule has 0 aliphatic rings. The molecule has 0 aliphatic heterocycles. The smallest absolute Gasteiger partial charge is 0.193 e. The molecule has 0 aromatic carbocycles. The van der Waals surface area contributed by atoms with Gasteiger partial charge in [-0.05, 0) is 0 Å². The Morgan fingerprint density at radius 1 is 1.56 bits per heavy atom. The van der Waals surface area contributed by atoms with Crippen molar-refractivity contribution in [1.29, 1.82) is 0 Å². The van der Waals surface area contributed by atoms with Gasteiger partial charge < -0.3 is 4.42 Å². The van der Waals surface area contributed by atoms with E-state index in [1.807, 2.05) is 6.92 Å². The third-order valence-electron chi connectivity index (χ3n) is 0.786. The van der Waals surface area contributed by atoms with Gasteiger partial charge in [-0.1, -0.05) is 6.92 Å². The summed E-state index contributed by atoms with van der Waals surface area (Å²) in [6.07, 6.45) is 4.12. The summed E-state index contributed by atoms with van der Waals surface area (Å²) in [5, 5.41) is 0. The van der Waals surface area contributed by atoms with Gasteiger partial charge in [0.15, 0.2) is 5.89 Å². The van der Waals surface area contributed by atoms with Gasteiger partial charge in [0.2, 0.25) is 0 Å². The molecule has 1 aromatic heterocycles. The van der Waals surface area contributed by atoms with Gasteiger partial charge in [0.1, 0.15) is 6.26 Å². The first kappa shape index (κ1) is 11.6. The van der Waals surface area contributed by atoms with Crippen LogP contribution in [-0.4, -0.2) is 4.98 Å². The number of halogens is 2. The number of aryl methyl sites for hydroxylation is 1. The van der Waals surface area contributed by atoms with Gasteiger partial charge in [-0.3, -0.25) is 0 Å². The molecule has 9 heavy (non-hydrogen) atoms. The Labute approximate surface area is 66.5 Å². The third-order valence-corrected chi connectivity index (χ3v) is 0.786. The van der Waals surface area contributed by atoms with Crippen LogP contribution < -0.4 is 0 Å². The predicted octanol–water partition coefficient (Wildman–Crippen LogP) is 2.08. The Kier molecular flexibility index (Phi) is 7.61. The van der Waals surface area contributed by atoms with E-state index in [1.165, 1.54) is 0 Å². The van der Waals surface area contributed by atoms with E-state index < -0.39 is 0 Å². The number of hydrogen-bond donors (Lipinski definition) is 0. The third kappa shape index (κ3) is 3.38. The SMILES string of the molecule is CCc1ncco1.Cl.Cl. The van der Waals surface area contributed by atoms with E-state index >= 15 is 0 Å². The van der Waals surface area contributed by atoms with Crippen LogP contribution in [0.15, 0.2) is 16.9 Å². The number of aromatic nitrogens is 1. The zero-order chi connectivity index (χ0) is 5.11. The van der Waals surface area contributed by atoms with E-state index in [4.69, 9.17) is 4.42 Å². The Bertz CT molecular complexity index is 130. The Morgan fingerprint density at radius 3 is 2.44 bits per heavy atom. The quantitative estimate of drug-likeness (QED) is 0.644. The summed E-state index contributed by atoms with van der Waals surface area (Å²) in [5.74, 6) is 0.806. The van der Waals surface area contributed by atoms with Crippen LogP contribution in [0.1, 0.15) is 12.8 Å². The van der Waals surface area contributed by atoms with Crippen molar-refractivity contribution in [2.75, 3.05) is 0 Å². The maximum absolute atomic E-state index is 4.87. The minimum absolute atomic E-state index is 0. The summed E-state index contributed by atoms with van der Waals surface area (Å²) >= 11 is 0. The zero-order valence-electron chi connectivity index (χ0n) is 5.03. The molecule has 0 amide bonds. The van der Waals surface area contributed by atoms with Crippen LogP contribution in [0.25, 0.3) is 0 Å². The molecule has 0 spiro atoms. The molecular formula is C5H9Cl2NO. The van der Waals surface area contributed by atoms with Crippen LogP contribution >= 0.6 is 24.8 Å². The summed E-state index contributed by atoms with van der Waals surface area (Å²) < 4.78 is 4.87. The first-order chi connectivity index (χ1) is 3.43. The van der Waals surface area contributed by atoms with E-state index in [2.05, 4.69) is 4.98 Å². The van der Waals surface area contributed by atoms with Gasteiger partial charge in [-0.2, -0.15) is 0 Å². The van der Waals surface area contributed by atoms with Crippen molar-refractivity contribution in [2.45, 2.75) is 13.3 Å². The maximum atomic E-state index is 4.87. The first-order valence-corrected chi connectivity index (χ1v) is 2.32. The molecule has 1 aromatic rings. The van der Waals surface area contributed by atoms with Crippen molar-refractivity contribution >= 4 is 24.8 Å². The molecule has 0 atom stereocenters. The second kappa shape index (κ2) is 5.92. The second-order valence-corrected chi connectivity index (χ2v) is 1.28. The van der Waals surface area contributed by atoms with Crippen molar-refractivity contribution in [1.82, 2.24) is 4.98 Å². The maximum Gasteiger partial charge on any atom is 0.193 e. The molecule has 0 radical (unpaired) electrons. The highest BCUT2D eigenvalue weighted by atomic mass is 35.5. The van der Waals surface area contributed by atoms with Crippen molar-refractivity contribution < 1.29 is 4.42 Å². The van der Waals surface area contributed by atoms with E-state index in [-0.39, 0.29) is 24.8 Å². The lowest BCUT2D eigenvalue weighted by molar-refractivity contribution is 0.502. The topological polar surface area (TPSA) is 26.0 Å². The summed E-state index contributed by atoms with van der Waals surface area (Å²) in [4.78, 5) is 3.87. The lowest BCUT2D eigenvalue weighted by Crippen LogP contribution is -1.73. The fourth-order valence-electron chi connectivity index (χ4n) is 0.428. The van der Waals surface area contributed by atoms with Crippen LogP contribution in [0, 0.1) is 0 Å². The largest absolute Gasteiger partial charge is 0.449 e. The van der Waals surface area contributed by atoms with E-state index in [1.54, 1.807) is 12.5 Å². The molecule has 0 bridgehead atoms. The Morgan fingerprint density at radius 2 is 2.22 bits per heavy atom. The van der Waals surface area contributed by atoms with Crippen LogP contribution in [0.5, 0.6) is 0 Å². The number of rotatable bonds is 1. The lowest BCUT2D eigenvalue weighted by atomic mass is 10.5. The van der Waals surface area contributed by atoms with Gasteiger partial charge in [-0.25, -0.2) is 4.98 Å². The van der Waals surface area contributed by atoms with Crippen LogP contribution in [-0.2, 0) is 6.42 Å². The zero-order valence-corrected chi connectivity index (χ0v) is 6.67. The van der Waals surface area contributed by atoms with E-state index in [9.17, 15) is 0 Å². The minimum Gasteiger partial charge on any atom is -0.449 e. The molecule has 54 valence electrons. The van der Waals surface area contributed by atoms with Gasteiger partial charge in [-0.15, -0.1) is 24.8 Å². The summed E-state index contributed by atoms with van der Waals surface area (Å²) in [6, 6.07) is 0. The average molecular weight is 170 g/mol. The van der Waals surface area contributed by atoms with Crippen molar-refractivity contribution in [3.8, 4) is 0 Å². The molecule has 1 heterocycles. The molecule has 0 N–H and O–H groups in total. The van der Waals surface area contributed by atoms with Gasteiger partial charge >= 0.3 is 0 Å². The highest BCUT2D eigenvalue weighted by molar-refractivity contribution is 5.85. The van der Waals surface area contributed by atoms with Crippen LogP contribution in [0.3, 0.4) is 0 Å². The summed E-state index contributed by atoms with van der Waals surface area (Å²) in [7, 11) is 0. The molecule has 2 nitrogen and oxygen atoms in total.